The van der Waals surface area contributed by atoms with Gasteiger partial charge in [-0.25, -0.2) is 4.98 Å². The number of carbonyl (C=O) groups is 2. The first-order chi connectivity index (χ1) is 24.8. The summed E-state index contributed by atoms with van der Waals surface area (Å²) >= 11 is 6.89. The van der Waals surface area contributed by atoms with Gasteiger partial charge in [-0.05, 0) is 25.3 Å². The molecule has 0 aliphatic heterocycles. The molecule has 3 rings (SSSR count). The molecule has 3 aromatic rings. The van der Waals surface area contributed by atoms with Crippen molar-refractivity contribution in [2.45, 2.75) is 57.3 Å². The summed E-state index contributed by atoms with van der Waals surface area (Å²) in [5.74, 6) is 0.122. The number of H-pyrrole nitrogens is 1. The molecule has 15 nitrogen and oxygen atoms in total. The molecule has 1 atom stereocenters. The van der Waals surface area contributed by atoms with Gasteiger partial charge < -0.3 is 40.1 Å². The molecule has 51 heavy (non-hydrogen) atoms. The van der Waals surface area contributed by atoms with Crippen molar-refractivity contribution in [2.24, 2.45) is 0 Å². The molecule has 17 heteroatoms. The van der Waals surface area contributed by atoms with Gasteiger partial charge in [0.15, 0.2) is 16.3 Å². The number of hydrogen-bond acceptors (Lipinski definition) is 12. The van der Waals surface area contributed by atoms with Gasteiger partial charge in [0.05, 0.1) is 66.0 Å². The van der Waals surface area contributed by atoms with Gasteiger partial charge in [0.25, 0.3) is 5.56 Å². The summed E-state index contributed by atoms with van der Waals surface area (Å²) in [5, 5.41) is 5.95. The first-order valence-electron chi connectivity index (χ1n) is 17.2. The molecule has 2 heterocycles. The Bertz CT molecular complexity index is 1510. The largest absolute Gasteiger partial charge is 0.379 e. The van der Waals surface area contributed by atoms with E-state index in [1.54, 1.807) is 4.57 Å². The molecule has 0 saturated carbocycles. The zero-order valence-corrected chi connectivity index (χ0v) is 31.2. The quantitative estimate of drug-likeness (QED) is 0.0482. The van der Waals surface area contributed by atoms with Crippen LogP contribution in [-0.4, -0.2) is 122 Å². The number of unbranched alkanes of at least 4 members (excludes halogenated alkanes) is 3. The van der Waals surface area contributed by atoms with Gasteiger partial charge in [0.1, 0.15) is 6.04 Å². The second-order valence-corrected chi connectivity index (χ2v) is 13.0. The van der Waals surface area contributed by atoms with Crippen LogP contribution >= 0.6 is 23.4 Å². The standard InChI is InChI=1S/C34H52ClN7O8S/c1-25-7-9-27(10-8-25)23-42-30-29(32(45)41-33(36)40-30)39-34(42)51-24-28(38-26(2)43)31(44)37-12-14-47-16-18-49-20-22-50-21-19-48-17-15-46-13-6-4-3-5-11-35/h7-10,28H,3-6,11-24H2,1-2H3,(H,37,44)(H,38,43)(H3,36,40,41,45)/t28-/m0/s1. The van der Waals surface area contributed by atoms with Gasteiger partial charge >= 0.3 is 0 Å². The van der Waals surface area contributed by atoms with Crippen LogP contribution in [-0.2, 0) is 39.8 Å². The van der Waals surface area contributed by atoms with E-state index < -0.39 is 11.6 Å². The second-order valence-electron chi connectivity index (χ2n) is 11.6. The number of nitrogen functional groups attached to an aromatic ring is 1. The molecule has 5 N–H and O–H groups in total. The van der Waals surface area contributed by atoms with Gasteiger partial charge in [-0.1, -0.05) is 54.4 Å². The van der Waals surface area contributed by atoms with Crippen molar-refractivity contribution in [2.75, 3.05) is 90.0 Å². The average Bonchev–Trinajstić information content (AvgIpc) is 3.44. The van der Waals surface area contributed by atoms with E-state index in [9.17, 15) is 14.4 Å². The van der Waals surface area contributed by atoms with Crippen molar-refractivity contribution in [1.82, 2.24) is 30.2 Å². The number of rotatable bonds is 28. The fourth-order valence-electron chi connectivity index (χ4n) is 4.73. The van der Waals surface area contributed by atoms with Crippen LogP contribution in [0, 0.1) is 6.92 Å². The molecule has 0 saturated heterocycles. The van der Waals surface area contributed by atoms with E-state index in [1.807, 2.05) is 31.2 Å². The smallest absolute Gasteiger partial charge is 0.280 e. The van der Waals surface area contributed by atoms with Crippen LogP contribution in [0.25, 0.3) is 11.2 Å². The van der Waals surface area contributed by atoms with E-state index in [0.717, 1.165) is 49.3 Å². The van der Waals surface area contributed by atoms with E-state index in [-0.39, 0.29) is 42.2 Å². The van der Waals surface area contributed by atoms with Crippen LogP contribution in [0.2, 0.25) is 0 Å². The third-order valence-corrected chi connectivity index (χ3v) is 8.67. The summed E-state index contributed by atoms with van der Waals surface area (Å²) in [6.07, 6.45) is 4.39. The van der Waals surface area contributed by atoms with Gasteiger partial charge in [0.2, 0.25) is 17.8 Å². The maximum absolute atomic E-state index is 13.0. The summed E-state index contributed by atoms with van der Waals surface area (Å²) in [6.45, 7) is 8.70. The normalized spacial score (nSPS) is 12.0. The van der Waals surface area contributed by atoms with Crippen molar-refractivity contribution < 1.29 is 33.3 Å². The number of aryl methyl sites for hydroxylation is 1. The van der Waals surface area contributed by atoms with Crippen LogP contribution in [0.4, 0.5) is 5.95 Å². The van der Waals surface area contributed by atoms with Gasteiger partial charge in [-0.3, -0.25) is 23.9 Å². The molecule has 284 valence electrons. The summed E-state index contributed by atoms with van der Waals surface area (Å²) in [6, 6.07) is 7.08. The Balaban J connectivity index is 1.30. The number of aromatic nitrogens is 4. The second kappa shape index (κ2) is 24.9. The molecule has 2 aromatic heterocycles. The average molecular weight is 754 g/mol. The highest BCUT2D eigenvalue weighted by Gasteiger charge is 2.23. The first-order valence-corrected chi connectivity index (χ1v) is 18.7. The number of anilines is 1. The third-order valence-electron chi connectivity index (χ3n) is 7.33. The Labute approximate surface area is 308 Å². The fourth-order valence-corrected chi connectivity index (χ4v) is 5.93. The number of amides is 2. The molecule has 0 unspecified atom stereocenters. The molecule has 1 aromatic carbocycles. The Morgan fingerprint density at radius 3 is 2.08 bits per heavy atom. The number of nitrogens with two attached hydrogens (primary N) is 1. The molecule has 2 amide bonds. The van der Waals surface area contributed by atoms with Crippen molar-refractivity contribution in [1.29, 1.82) is 0 Å². The van der Waals surface area contributed by atoms with Crippen molar-refractivity contribution in [3.05, 3.63) is 45.7 Å². The number of benzene rings is 1. The number of alkyl halides is 1. The first kappa shape index (κ1) is 42.2. The number of nitrogens with one attached hydrogen (secondary N) is 3. The third kappa shape index (κ3) is 16.8. The van der Waals surface area contributed by atoms with Gasteiger partial charge in [0, 0.05) is 31.7 Å². The lowest BCUT2D eigenvalue weighted by atomic mass is 10.1. The lowest BCUT2D eigenvalue weighted by molar-refractivity contribution is -0.127. The number of carbonyl (C=O) groups excluding carboxylic acids is 2. The number of thioether (sulfide) groups is 1. The van der Waals surface area contributed by atoms with E-state index in [0.29, 0.717) is 70.2 Å². The minimum absolute atomic E-state index is 0.0257. The number of aromatic amines is 1. The van der Waals surface area contributed by atoms with Gasteiger partial charge in [-0.15, -0.1) is 11.6 Å². The van der Waals surface area contributed by atoms with Crippen LogP contribution < -0.4 is 21.9 Å². The summed E-state index contributed by atoms with van der Waals surface area (Å²) in [4.78, 5) is 48.9. The molecule has 0 fully saturated rings. The predicted molar refractivity (Wildman–Crippen MR) is 197 cm³/mol. The number of imidazole rings is 1. The van der Waals surface area contributed by atoms with Crippen LogP contribution in [0.1, 0.15) is 43.7 Å². The zero-order chi connectivity index (χ0) is 36.7. The molecular formula is C34H52ClN7O8S. The molecule has 0 aliphatic rings. The highest BCUT2D eigenvalue weighted by molar-refractivity contribution is 7.99. The van der Waals surface area contributed by atoms with E-state index in [4.69, 9.17) is 41.0 Å². The highest BCUT2D eigenvalue weighted by atomic mass is 35.5. The van der Waals surface area contributed by atoms with Gasteiger partial charge in [-0.2, -0.15) is 4.98 Å². The molecular weight excluding hydrogens is 702 g/mol. The number of hydrogen-bond donors (Lipinski definition) is 4. The topological polar surface area (TPSA) is 194 Å². The number of ether oxygens (including phenoxy) is 5. The lowest BCUT2D eigenvalue weighted by Crippen LogP contribution is -2.48. The van der Waals surface area contributed by atoms with Crippen molar-refractivity contribution in [3.8, 4) is 0 Å². The number of halogens is 1. The predicted octanol–water partition coefficient (Wildman–Crippen LogP) is 2.65. The Morgan fingerprint density at radius 1 is 0.882 bits per heavy atom. The lowest BCUT2D eigenvalue weighted by Gasteiger charge is -2.17. The summed E-state index contributed by atoms with van der Waals surface area (Å²) in [7, 11) is 0. The minimum Gasteiger partial charge on any atom is -0.379 e. The summed E-state index contributed by atoms with van der Waals surface area (Å²) < 4.78 is 29.4. The zero-order valence-electron chi connectivity index (χ0n) is 29.6. The van der Waals surface area contributed by atoms with E-state index >= 15 is 0 Å². The van der Waals surface area contributed by atoms with Crippen LogP contribution in [0.15, 0.2) is 34.2 Å². The van der Waals surface area contributed by atoms with E-state index in [1.165, 1.54) is 18.7 Å². The Kier molecular flexibility index (Phi) is 20.5. The minimum atomic E-state index is -0.861. The SMILES string of the molecule is CC(=O)N[C@@H](CSc1nc2c(=O)[nH]c(N)nc2n1Cc1ccc(C)cc1)C(=O)NCCOCCOCCOCCOCCOCCCCCCCl. The highest BCUT2D eigenvalue weighted by Crippen LogP contribution is 2.24. The van der Waals surface area contributed by atoms with Crippen LogP contribution in [0.5, 0.6) is 0 Å². The molecule has 0 radical (unpaired) electrons. The van der Waals surface area contributed by atoms with Crippen molar-refractivity contribution in [3.63, 3.8) is 0 Å². The number of nitrogens with zero attached hydrogens (tertiary/aromatic N) is 3. The van der Waals surface area contributed by atoms with Crippen LogP contribution in [0.3, 0.4) is 0 Å². The Morgan fingerprint density at radius 2 is 1.47 bits per heavy atom. The van der Waals surface area contributed by atoms with Crippen molar-refractivity contribution >= 4 is 52.3 Å². The molecule has 0 aliphatic carbocycles. The monoisotopic (exact) mass is 753 g/mol. The molecule has 0 bridgehead atoms. The maximum Gasteiger partial charge on any atom is 0.280 e. The fraction of sp³-hybridized carbons (Fsp3) is 0.618. The summed E-state index contributed by atoms with van der Waals surface area (Å²) in [5.41, 5.74) is 7.92. The number of fused-ring (bicyclic) bond motifs is 1. The molecule has 0 spiro atoms. The maximum atomic E-state index is 13.0. The Hall–Kier alpha value is -3.25. The van der Waals surface area contributed by atoms with E-state index in [2.05, 4.69) is 25.6 Å².